The second-order valence-corrected chi connectivity index (χ2v) is 5.89. The molecule has 0 saturated carbocycles. The highest BCUT2D eigenvalue weighted by atomic mass is 79.9. The fourth-order valence-electron chi connectivity index (χ4n) is 2.43. The number of furan rings is 1. The molecule has 1 heterocycles. The van der Waals surface area contributed by atoms with E-state index in [9.17, 15) is 0 Å². The molecule has 0 amide bonds. The van der Waals surface area contributed by atoms with Gasteiger partial charge in [-0.3, -0.25) is 4.90 Å². The van der Waals surface area contributed by atoms with Crippen LogP contribution in [0.4, 0.5) is 0 Å². The summed E-state index contributed by atoms with van der Waals surface area (Å²) in [5.74, 6) is 0.925. The average Bonchev–Trinajstić information content (AvgIpc) is 2.95. The summed E-state index contributed by atoms with van der Waals surface area (Å²) in [6.07, 6.45) is 2.61. The van der Waals surface area contributed by atoms with E-state index >= 15 is 0 Å². The lowest BCUT2D eigenvalue weighted by atomic mass is 10.0. The van der Waals surface area contributed by atoms with Crippen LogP contribution in [0.1, 0.15) is 30.7 Å². The first-order valence-corrected chi connectivity index (χ1v) is 7.65. The van der Waals surface area contributed by atoms with Crippen molar-refractivity contribution in [3.8, 4) is 0 Å². The topological polar surface area (TPSA) is 42.4 Å². The Balaban J connectivity index is 2.19. The largest absolute Gasteiger partial charge is 0.468 e. The third-order valence-electron chi connectivity index (χ3n) is 3.56. The zero-order valence-electron chi connectivity index (χ0n) is 11.9. The zero-order valence-corrected chi connectivity index (χ0v) is 13.5. The lowest BCUT2D eigenvalue weighted by molar-refractivity contribution is 0.175. The quantitative estimate of drug-likeness (QED) is 0.868. The smallest absolute Gasteiger partial charge is 0.122 e. The average molecular weight is 337 g/mol. The monoisotopic (exact) mass is 336 g/mol. The molecule has 0 radical (unpaired) electrons. The van der Waals surface area contributed by atoms with Gasteiger partial charge in [-0.15, -0.1) is 0 Å². The minimum absolute atomic E-state index is 0.0497. The number of benzene rings is 1. The van der Waals surface area contributed by atoms with E-state index in [2.05, 4.69) is 53.0 Å². The second-order valence-electron chi connectivity index (χ2n) is 5.04. The molecular formula is C16H21BrN2O. The predicted molar refractivity (Wildman–Crippen MR) is 85.3 cm³/mol. The minimum Gasteiger partial charge on any atom is -0.468 e. The number of halogens is 1. The summed E-state index contributed by atoms with van der Waals surface area (Å²) < 4.78 is 6.69. The molecule has 20 heavy (non-hydrogen) atoms. The molecule has 0 saturated heterocycles. The van der Waals surface area contributed by atoms with Crippen molar-refractivity contribution in [3.05, 3.63) is 58.5 Å². The van der Waals surface area contributed by atoms with Crippen molar-refractivity contribution in [1.29, 1.82) is 0 Å². The number of rotatable bonds is 6. The maximum Gasteiger partial charge on any atom is 0.122 e. The second kappa shape index (κ2) is 7.07. The standard InChI is InChI=1S/C16H21BrN2O/c1-3-14(18)16(15-9-6-10-20-15)19(2)11-12-7-4-5-8-13(12)17/h4-10,14,16H,3,11,18H2,1-2H3. The fraction of sp³-hybridized carbons (Fsp3) is 0.375. The summed E-state index contributed by atoms with van der Waals surface area (Å²) in [5.41, 5.74) is 7.53. The molecule has 0 fully saturated rings. The van der Waals surface area contributed by atoms with E-state index in [4.69, 9.17) is 10.2 Å². The third-order valence-corrected chi connectivity index (χ3v) is 4.34. The molecule has 1 aromatic carbocycles. The first kappa shape index (κ1) is 15.3. The van der Waals surface area contributed by atoms with Gasteiger partial charge in [-0.05, 0) is 37.2 Å². The molecule has 1 aromatic heterocycles. The van der Waals surface area contributed by atoms with Gasteiger partial charge in [-0.1, -0.05) is 41.1 Å². The summed E-state index contributed by atoms with van der Waals surface area (Å²) in [4.78, 5) is 2.24. The Labute approximate surface area is 128 Å². The van der Waals surface area contributed by atoms with E-state index in [-0.39, 0.29) is 12.1 Å². The van der Waals surface area contributed by atoms with Crippen LogP contribution in [-0.4, -0.2) is 18.0 Å². The van der Waals surface area contributed by atoms with Crippen molar-refractivity contribution in [2.45, 2.75) is 32.0 Å². The molecule has 0 spiro atoms. The molecule has 0 aliphatic rings. The molecule has 0 bridgehead atoms. The molecule has 2 N–H and O–H groups in total. The number of nitrogens with two attached hydrogens (primary N) is 1. The van der Waals surface area contributed by atoms with E-state index in [1.54, 1.807) is 6.26 Å². The van der Waals surface area contributed by atoms with Crippen molar-refractivity contribution < 1.29 is 4.42 Å². The number of hydrogen-bond acceptors (Lipinski definition) is 3. The molecule has 4 heteroatoms. The van der Waals surface area contributed by atoms with E-state index in [0.29, 0.717) is 0 Å². The van der Waals surface area contributed by atoms with Crippen molar-refractivity contribution in [2.24, 2.45) is 5.73 Å². The summed E-state index contributed by atoms with van der Waals surface area (Å²) in [7, 11) is 2.09. The number of likely N-dealkylation sites (N-methyl/N-ethyl adjacent to an activating group) is 1. The molecule has 0 aliphatic heterocycles. The van der Waals surface area contributed by atoms with Gasteiger partial charge in [-0.25, -0.2) is 0 Å². The Morgan fingerprint density at radius 1 is 1.25 bits per heavy atom. The van der Waals surface area contributed by atoms with Gasteiger partial charge < -0.3 is 10.2 Å². The Hall–Kier alpha value is -1.10. The van der Waals surface area contributed by atoms with Crippen molar-refractivity contribution in [2.75, 3.05) is 7.05 Å². The molecule has 2 aromatic rings. The van der Waals surface area contributed by atoms with Gasteiger partial charge in [0.1, 0.15) is 5.76 Å². The van der Waals surface area contributed by atoms with Crippen LogP contribution >= 0.6 is 15.9 Å². The van der Waals surface area contributed by atoms with Crippen LogP contribution in [0.25, 0.3) is 0 Å². The summed E-state index contributed by atoms with van der Waals surface area (Å²) in [5, 5.41) is 0. The maximum atomic E-state index is 6.29. The highest BCUT2D eigenvalue weighted by Gasteiger charge is 2.25. The van der Waals surface area contributed by atoms with Crippen molar-refractivity contribution in [1.82, 2.24) is 4.90 Å². The molecule has 2 rings (SSSR count). The van der Waals surface area contributed by atoms with Gasteiger partial charge >= 0.3 is 0 Å². The van der Waals surface area contributed by atoms with Crippen LogP contribution in [0.2, 0.25) is 0 Å². The Bertz CT molecular complexity index is 527. The summed E-state index contributed by atoms with van der Waals surface area (Å²) >= 11 is 3.60. The molecule has 3 nitrogen and oxygen atoms in total. The zero-order chi connectivity index (χ0) is 14.5. The molecular weight excluding hydrogens is 316 g/mol. The summed E-state index contributed by atoms with van der Waals surface area (Å²) in [6.45, 7) is 2.92. The minimum atomic E-state index is 0.0497. The van der Waals surface area contributed by atoms with Crippen LogP contribution in [0.15, 0.2) is 51.6 Å². The van der Waals surface area contributed by atoms with Crippen LogP contribution in [-0.2, 0) is 6.54 Å². The lowest BCUT2D eigenvalue weighted by Crippen LogP contribution is -2.38. The van der Waals surface area contributed by atoms with Crippen LogP contribution in [0.5, 0.6) is 0 Å². The van der Waals surface area contributed by atoms with E-state index in [1.165, 1.54) is 5.56 Å². The van der Waals surface area contributed by atoms with Gasteiger partial charge in [-0.2, -0.15) is 0 Å². The van der Waals surface area contributed by atoms with Gasteiger partial charge in [0.15, 0.2) is 0 Å². The Morgan fingerprint density at radius 3 is 2.60 bits per heavy atom. The normalized spacial score (nSPS) is 14.4. The van der Waals surface area contributed by atoms with Gasteiger partial charge in [0.2, 0.25) is 0 Å². The highest BCUT2D eigenvalue weighted by Crippen LogP contribution is 2.27. The molecule has 0 aliphatic carbocycles. The molecule has 108 valence electrons. The van der Waals surface area contributed by atoms with E-state index in [1.807, 2.05) is 18.2 Å². The molecule has 2 atom stereocenters. The van der Waals surface area contributed by atoms with Gasteiger partial charge in [0.05, 0.1) is 12.3 Å². The number of hydrogen-bond donors (Lipinski definition) is 1. The molecule has 2 unspecified atom stereocenters. The van der Waals surface area contributed by atoms with E-state index < -0.39 is 0 Å². The number of nitrogens with zero attached hydrogens (tertiary/aromatic N) is 1. The highest BCUT2D eigenvalue weighted by molar-refractivity contribution is 9.10. The van der Waals surface area contributed by atoms with Crippen LogP contribution in [0, 0.1) is 0 Å². The summed E-state index contributed by atoms with van der Waals surface area (Å²) in [6, 6.07) is 12.3. The van der Waals surface area contributed by atoms with Crippen molar-refractivity contribution in [3.63, 3.8) is 0 Å². The lowest BCUT2D eigenvalue weighted by Gasteiger charge is -2.31. The fourth-order valence-corrected chi connectivity index (χ4v) is 2.84. The van der Waals surface area contributed by atoms with Crippen LogP contribution < -0.4 is 5.73 Å². The first-order valence-electron chi connectivity index (χ1n) is 6.86. The van der Waals surface area contributed by atoms with Crippen molar-refractivity contribution >= 4 is 15.9 Å². The maximum absolute atomic E-state index is 6.29. The van der Waals surface area contributed by atoms with E-state index in [0.717, 1.165) is 23.2 Å². The third kappa shape index (κ3) is 3.51. The van der Waals surface area contributed by atoms with Gasteiger partial charge in [0.25, 0.3) is 0 Å². The Morgan fingerprint density at radius 2 is 2.00 bits per heavy atom. The first-order chi connectivity index (χ1) is 9.63. The van der Waals surface area contributed by atoms with Gasteiger partial charge in [0, 0.05) is 17.1 Å². The SMILES string of the molecule is CCC(N)C(c1ccco1)N(C)Cc1ccccc1Br. The van der Waals surface area contributed by atoms with Crippen LogP contribution in [0.3, 0.4) is 0 Å². The predicted octanol–water partition coefficient (Wildman–Crippen LogP) is 3.95. The Kier molecular flexibility index (Phi) is 5.40.